The molecule has 0 radical (unpaired) electrons. The highest BCUT2D eigenvalue weighted by Gasteiger charge is 2.51. The molecule has 1 aliphatic rings. The van der Waals surface area contributed by atoms with Gasteiger partial charge in [-0.25, -0.2) is 4.79 Å². The lowest BCUT2D eigenvalue weighted by Gasteiger charge is -2.26. The smallest absolute Gasteiger partial charge is 0.325 e. The van der Waals surface area contributed by atoms with Crippen molar-refractivity contribution in [1.82, 2.24) is 15.1 Å². The van der Waals surface area contributed by atoms with Crippen LogP contribution in [0.5, 0.6) is 0 Å². The Bertz CT molecular complexity index is 854. The molecule has 1 heterocycles. The SMILES string of the molecule is CCN(Cc1ccccc1)C(=O)CN1C(=O)N[C@@](CC)(c2ccccc2)C1=O. The number of rotatable bonds is 7. The van der Waals surface area contributed by atoms with Gasteiger partial charge in [-0.1, -0.05) is 67.6 Å². The molecular weight excluding hydrogens is 354 g/mol. The molecule has 0 saturated carbocycles. The van der Waals surface area contributed by atoms with Crippen LogP contribution in [0.1, 0.15) is 31.4 Å². The molecule has 0 unspecified atom stereocenters. The van der Waals surface area contributed by atoms with Crippen LogP contribution >= 0.6 is 0 Å². The Morgan fingerprint density at radius 2 is 1.61 bits per heavy atom. The molecule has 4 amide bonds. The third kappa shape index (κ3) is 3.63. The van der Waals surface area contributed by atoms with E-state index >= 15 is 0 Å². The zero-order chi connectivity index (χ0) is 20.1. The van der Waals surface area contributed by atoms with Crippen LogP contribution in [0, 0.1) is 0 Å². The van der Waals surface area contributed by atoms with Crippen molar-refractivity contribution in [1.29, 1.82) is 0 Å². The topological polar surface area (TPSA) is 69.7 Å². The number of likely N-dealkylation sites (N-methyl/N-ethyl adjacent to an activating group) is 1. The molecule has 1 fully saturated rings. The maximum absolute atomic E-state index is 13.1. The van der Waals surface area contributed by atoms with Gasteiger partial charge in [0.2, 0.25) is 5.91 Å². The van der Waals surface area contributed by atoms with Crippen molar-refractivity contribution >= 4 is 17.8 Å². The monoisotopic (exact) mass is 379 g/mol. The molecule has 3 rings (SSSR count). The number of imide groups is 1. The highest BCUT2D eigenvalue weighted by molar-refractivity contribution is 6.09. The summed E-state index contributed by atoms with van der Waals surface area (Å²) in [6.45, 7) is 4.41. The first kappa shape index (κ1) is 19.6. The molecule has 2 aromatic rings. The van der Waals surface area contributed by atoms with Crippen LogP contribution in [0.15, 0.2) is 60.7 Å². The fourth-order valence-electron chi connectivity index (χ4n) is 3.55. The van der Waals surface area contributed by atoms with Gasteiger partial charge in [0.25, 0.3) is 5.91 Å². The van der Waals surface area contributed by atoms with Crippen LogP contribution in [-0.4, -0.2) is 40.7 Å². The third-order valence-corrected chi connectivity index (χ3v) is 5.22. The predicted molar refractivity (Wildman–Crippen MR) is 106 cm³/mol. The Kier molecular flexibility index (Phi) is 5.78. The first-order valence-electron chi connectivity index (χ1n) is 9.53. The van der Waals surface area contributed by atoms with Crippen LogP contribution in [-0.2, 0) is 21.7 Å². The Labute approximate surface area is 165 Å². The lowest BCUT2D eigenvalue weighted by molar-refractivity contribution is -0.139. The standard InChI is InChI=1S/C22H25N3O3/c1-3-22(18-13-9-6-10-14-18)20(27)25(21(28)23-22)16-19(26)24(4-2)15-17-11-7-5-8-12-17/h5-14H,3-4,15-16H2,1-2H3,(H,23,28)/t22-/m0/s1. The van der Waals surface area contributed by atoms with Crippen LogP contribution in [0.2, 0.25) is 0 Å². The van der Waals surface area contributed by atoms with Crippen LogP contribution in [0.3, 0.4) is 0 Å². The molecule has 6 nitrogen and oxygen atoms in total. The summed E-state index contributed by atoms with van der Waals surface area (Å²) in [7, 11) is 0. The van der Waals surface area contributed by atoms with E-state index in [0.717, 1.165) is 16.0 Å². The van der Waals surface area contributed by atoms with E-state index in [4.69, 9.17) is 0 Å². The lowest BCUT2D eigenvalue weighted by Crippen LogP contribution is -2.45. The quantitative estimate of drug-likeness (QED) is 0.752. The molecule has 6 heteroatoms. The van der Waals surface area contributed by atoms with Crippen molar-refractivity contribution in [2.75, 3.05) is 13.1 Å². The second-order valence-corrected chi connectivity index (χ2v) is 6.84. The number of carbonyl (C=O) groups is 3. The van der Waals surface area contributed by atoms with Gasteiger partial charge in [-0.15, -0.1) is 0 Å². The van der Waals surface area contributed by atoms with E-state index in [-0.39, 0.29) is 18.4 Å². The van der Waals surface area contributed by atoms with Crippen molar-refractivity contribution < 1.29 is 14.4 Å². The molecule has 0 spiro atoms. The summed E-state index contributed by atoms with van der Waals surface area (Å²) >= 11 is 0. The fraction of sp³-hybridized carbons (Fsp3) is 0.318. The van der Waals surface area contributed by atoms with Gasteiger partial charge in [0.05, 0.1) is 0 Å². The normalized spacial score (nSPS) is 18.9. The van der Waals surface area contributed by atoms with Gasteiger partial charge in [0.15, 0.2) is 0 Å². The summed E-state index contributed by atoms with van der Waals surface area (Å²) in [6.07, 6.45) is 0.411. The highest BCUT2D eigenvalue weighted by atomic mass is 16.2. The summed E-state index contributed by atoms with van der Waals surface area (Å²) in [5, 5.41) is 2.81. The number of nitrogens with zero attached hydrogens (tertiary/aromatic N) is 2. The van der Waals surface area contributed by atoms with Crippen molar-refractivity contribution in [2.45, 2.75) is 32.4 Å². The molecule has 0 bridgehead atoms. The molecule has 0 aliphatic carbocycles. The molecule has 1 aliphatic heterocycles. The zero-order valence-electron chi connectivity index (χ0n) is 16.2. The van der Waals surface area contributed by atoms with Gasteiger partial charge < -0.3 is 10.2 Å². The van der Waals surface area contributed by atoms with Gasteiger partial charge >= 0.3 is 6.03 Å². The van der Waals surface area contributed by atoms with E-state index < -0.39 is 11.6 Å². The second kappa shape index (κ2) is 8.25. The average Bonchev–Trinajstić information content (AvgIpc) is 2.98. The number of hydrogen-bond donors (Lipinski definition) is 1. The number of carbonyl (C=O) groups excluding carboxylic acids is 3. The highest BCUT2D eigenvalue weighted by Crippen LogP contribution is 2.32. The summed E-state index contributed by atoms with van der Waals surface area (Å²) in [4.78, 5) is 41.2. The minimum Gasteiger partial charge on any atom is -0.337 e. The van der Waals surface area contributed by atoms with Crippen molar-refractivity contribution in [3.05, 3.63) is 71.8 Å². The summed E-state index contributed by atoms with van der Waals surface area (Å²) in [5.74, 6) is -0.634. The zero-order valence-corrected chi connectivity index (χ0v) is 16.2. The number of benzene rings is 2. The minimum absolute atomic E-state index is 0.255. The molecular formula is C22H25N3O3. The van der Waals surface area contributed by atoms with Gasteiger partial charge in [-0.3, -0.25) is 14.5 Å². The molecule has 28 heavy (non-hydrogen) atoms. The van der Waals surface area contributed by atoms with E-state index in [1.807, 2.05) is 74.5 Å². The van der Waals surface area contributed by atoms with Crippen LogP contribution < -0.4 is 5.32 Å². The summed E-state index contributed by atoms with van der Waals surface area (Å²) < 4.78 is 0. The fourth-order valence-corrected chi connectivity index (χ4v) is 3.55. The summed E-state index contributed by atoms with van der Waals surface area (Å²) in [6, 6.07) is 18.3. The van der Waals surface area contributed by atoms with Crippen LogP contribution in [0.25, 0.3) is 0 Å². The van der Waals surface area contributed by atoms with Gasteiger partial charge in [-0.05, 0) is 24.5 Å². The van der Waals surface area contributed by atoms with Gasteiger partial charge in [-0.2, -0.15) is 0 Å². The van der Waals surface area contributed by atoms with Gasteiger partial charge in [0, 0.05) is 13.1 Å². The molecule has 146 valence electrons. The van der Waals surface area contributed by atoms with Crippen LogP contribution in [0.4, 0.5) is 4.79 Å². The van der Waals surface area contributed by atoms with E-state index in [0.29, 0.717) is 19.5 Å². The summed E-state index contributed by atoms with van der Waals surface area (Å²) in [5.41, 5.74) is 0.610. The maximum atomic E-state index is 13.1. The van der Waals surface area contributed by atoms with E-state index in [9.17, 15) is 14.4 Å². The Morgan fingerprint density at radius 3 is 2.18 bits per heavy atom. The first-order chi connectivity index (χ1) is 13.5. The molecule has 2 aromatic carbocycles. The minimum atomic E-state index is -1.12. The predicted octanol–water partition coefficient (Wildman–Crippen LogP) is 2.89. The van der Waals surface area contributed by atoms with E-state index in [2.05, 4.69) is 5.32 Å². The van der Waals surface area contributed by atoms with Crippen molar-refractivity contribution in [3.63, 3.8) is 0 Å². The molecule has 1 saturated heterocycles. The Balaban J connectivity index is 1.77. The second-order valence-electron chi connectivity index (χ2n) is 6.84. The number of hydrogen-bond acceptors (Lipinski definition) is 3. The van der Waals surface area contributed by atoms with E-state index in [1.165, 1.54) is 0 Å². The first-order valence-corrected chi connectivity index (χ1v) is 9.53. The molecule has 1 N–H and O–H groups in total. The largest absolute Gasteiger partial charge is 0.337 e. The maximum Gasteiger partial charge on any atom is 0.325 e. The Hall–Kier alpha value is -3.15. The number of nitrogens with one attached hydrogen (secondary N) is 1. The third-order valence-electron chi connectivity index (χ3n) is 5.22. The van der Waals surface area contributed by atoms with Crippen molar-refractivity contribution in [3.8, 4) is 0 Å². The molecule has 1 atom stereocenters. The van der Waals surface area contributed by atoms with Gasteiger partial charge in [0.1, 0.15) is 12.1 Å². The Morgan fingerprint density at radius 1 is 1.00 bits per heavy atom. The van der Waals surface area contributed by atoms with Crippen molar-refractivity contribution in [2.24, 2.45) is 0 Å². The molecule has 0 aromatic heterocycles. The average molecular weight is 379 g/mol. The number of amides is 4. The lowest BCUT2D eigenvalue weighted by atomic mass is 9.87. The van der Waals surface area contributed by atoms with E-state index in [1.54, 1.807) is 4.90 Å². The number of urea groups is 1.